The van der Waals surface area contributed by atoms with Gasteiger partial charge in [0.25, 0.3) is 14.7 Å². The Morgan fingerprint density at radius 2 is 1.41 bits per heavy atom. The molecule has 1 heterocycles. The molecule has 8 heteroatoms. The number of alkyl halides is 3. The van der Waals surface area contributed by atoms with E-state index < -0.39 is 38.2 Å². The highest BCUT2D eigenvalue weighted by Gasteiger charge is 2.56. The summed E-state index contributed by atoms with van der Waals surface area (Å²) in [5.41, 5.74) is -2.20. The number of rotatable bonds is 9. The fourth-order valence-corrected chi connectivity index (χ4v) is 8.36. The van der Waals surface area contributed by atoms with Crippen molar-refractivity contribution in [2.45, 2.75) is 45.5 Å². The van der Waals surface area contributed by atoms with Crippen LogP contribution in [0.3, 0.4) is 0 Å². The molecule has 0 aliphatic heterocycles. The van der Waals surface area contributed by atoms with Gasteiger partial charge in [0.2, 0.25) is 12.2 Å². The fourth-order valence-electron chi connectivity index (χ4n) is 3.77. The van der Waals surface area contributed by atoms with Crippen LogP contribution in [0.1, 0.15) is 27.7 Å². The third kappa shape index (κ3) is 4.61. The zero-order valence-corrected chi connectivity index (χ0v) is 19.7. The average Bonchev–Trinajstić information content (AvgIpc) is 3.29. The van der Waals surface area contributed by atoms with Gasteiger partial charge >= 0.3 is 0 Å². The number of hydrogen-bond acceptors (Lipinski definition) is 3. The number of halogens is 3. The Bertz CT molecular complexity index is 926. The van der Waals surface area contributed by atoms with E-state index in [1.165, 1.54) is 12.3 Å². The maximum absolute atomic E-state index is 16.0. The van der Waals surface area contributed by atoms with Crippen LogP contribution in [0.2, 0.25) is 5.04 Å². The molecule has 3 aromatic rings. The van der Waals surface area contributed by atoms with E-state index in [1.54, 1.807) is 0 Å². The van der Waals surface area contributed by atoms with Gasteiger partial charge in [-0.15, -0.1) is 5.10 Å². The van der Waals surface area contributed by atoms with Gasteiger partial charge in [0.15, 0.2) is 0 Å². The molecule has 1 N–H and O–H groups in total. The summed E-state index contributed by atoms with van der Waals surface area (Å²) in [6.45, 7) is 6.45. The number of H-pyrrole nitrogens is 1. The summed E-state index contributed by atoms with van der Waals surface area (Å²) in [5.74, 6) is 0.120. The Morgan fingerprint density at radius 3 is 1.81 bits per heavy atom. The molecule has 1 aromatic heterocycles. The van der Waals surface area contributed by atoms with Gasteiger partial charge in [0, 0.05) is 12.3 Å². The van der Waals surface area contributed by atoms with E-state index >= 15 is 4.39 Å². The van der Waals surface area contributed by atoms with Gasteiger partial charge in [-0.2, -0.15) is 0 Å². The standard InChI is InChI=1S/C24H29F3N2O2Si/c1-23(2,3)32(18-11-7-5-8-12-18,19-13-9-6-10-14-19)31-22(27)24(4,21(25)26)17-30-20-15-16-28-29-20/h5-16,21-22H,17H2,1-4H3,(H,28,29). The van der Waals surface area contributed by atoms with Crippen LogP contribution >= 0.6 is 0 Å². The maximum atomic E-state index is 16.0. The quantitative estimate of drug-likeness (QED) is 0.459. The predicted octanol–water partition coefficient (Wildman–Crippen LogP) is 4.93. The molecule has 0 bridgehead atoms. The number of nitrogens with one attached hydrogen (secondary N) is 1. The van der Waals surface area contributed by atoms with Crippen LogP contribution < -0.4 is 15.1 Å². The molecule has 0 spiro atoms. The predicted molar refractivity (Wildman–Crippen MR) is 122 cm³/mol. The van der Waals surface area contributed by atoms with E-state index in [4.69, 9.17) is 9.16 Å². The first kappa shape index (κ1) is 24.1. The molecule has 0 radical (unpaired) electrons. The number of hydrogen-bond donors (Lipinski definition) is 1. The molecular weight excluding hydrogens is 433 g/mol. The van der Waals surface area contributed by atoms with Gasteiger partial charge in [0.05, 0.1) is 0 Å². The first-order chi connectivity index (χ1) is 15.1. The maximum Gasteiger partial charge on any atom is 0.264 e. The third-order valence-electron chi connectivity index (χ3n) is 5.72. The van der Waals surface area contributed by atoms with E-state index in [0.29, 0.717) is 0 Å². The minimum absolute atomic E-state index is 0.120. The summed E-state index contributed by atoms with van der Waals surface area (Å²) < 4.78 is 56.0. The average molecular weight is 463 g/mol. The number of nitrogens with zero attached hydrogens (tertiary/aromatic N) is 1. The lowest BCUT2D eigenvalue weighted by atomic mass is 9.92. The van der Waals surface area contributed by atoms with Crippen molar-refractivity contribution in [2.24, 2.45) is 5.41 Å². The van der Waals surface area contributed by atoms with Crippen molar-refractivity contribution in [2.75, 3.05) is 6.61 Å². The van der Waals surface area contributed by atoms with Crippen LogP contribution in [0.5, 0.6) is 5.88 Å². The second-order valence-corrected chi connectivity index (χ2v) is 13.4. The van der Waals surface area contributed by atoms with Gasteiger partial charge in [-0.3, -0.25) is 5.10 Å². The molecule has 0 fully saturated rings. The lowest BCUT2D eigenvalue weighted by molar-refractivity contribution is -0.145. The Morgan fingerprint density at radius 1 is 0.875 bits per heavy atom. The number of ether oxygens (including phenoxy) is 1. The van der Waals surface area contributed by atoms with Crippen molar-refractivity contribution >= 4 is 18.7 Å². The highest BCUT2D eigenvalue weighted by atomic mass is 28.4. The fraction of sp³-hybridized carbons (Fsp3) is 0.375. The van der Waals surface area contributed by atoms with E-state index in [9.17, 15) is 8.78 Å². The topological polar surface area (TPSA) is 47.1 Å². The van der Waals surface area contributed by atoms with Crippen molar-refractivity contribution in [1.82, 2.24) is 10.2 Å². The summed E-state index contributed by atoms with van der Waals surface area (Å²) in [4.78, 5) is 0. The van der Waals surface area contributed by atoms with E-state index in [-0.39, 0.29) is 5.88 Å². The normalized spacial score (nSPS) is 15.4. The van der Waals surface area contributed by atoms with Crippen LogP contribution in [0.25, 0.3) is 0 Å². The molecule has 0 aliphatic carbocycles. The second kappa shape index (κ2) is 9.50. The van der Waals surface area contributed by atoms with E-state index in [1.807, 2.05) is 81.4 Å². The molecule has 0 saturated heterocycles. The smallest absolute Gasteiger partial charge is 0.264 e. The molecule has 32 heavy (non-hydrogen) atoms. The third-order valence-corrected chi connectivity index (χ3v) is 10.7. The van der Waals surface area contributed by atoms with Gasteiger partial charge < -0.3 is 9.16 Å². The van der Waals surface area contributed by atoms with Gasteiger partial charge in [-0.25, -0.2) is 13.2 Å². The molecule has 2 atom stereocenters. The van der Waals surface area contributed by atoms with Crippen LogP contribution in [0.4, 0.5) is 13.2 Å². The Kier molecular flexibility index (Phi) is 7.15. The van der Waals surface area contributed by atoms with E-state index in [0.717, 1.165) is 17.3 Å². The molecule has 172 valence electrons. The molecule has 2 unspecified atom stereocenters. The lowest BCUT2D eigenvalue weighted by Gasteiger charge is -2.46. The Labute approximate surface area is 187 Å². The summed E-state index contributed by atoms with van der Waals surface area (Å²) in [5, 5.41) is 7.42. The molecular formula is C24H29F3N2O2Si. The van der Waals surface area contributed by atoms with Gasteiger partial charge in [-0.1, -0.05) is 81.4 Å². The number of benzene rings is 2. The van der Waals surface area contributed by atoms with Crippen molar-refractivity contribution in [3.05, 3.63) is 72.9 Å². The van der Waals surface area contributed by atoms with Crippen molar-refractivity contribution < 1.29 is 22.3 Å². The van der Waals surface area contributed by atoms with Gasteiger partial charge in [0.1, 0.15) is 12.0 Å². The molecule has 0 aliphatic rings. The van der Waals surface area contributed by atoms with Gasteiger partial charge in [-0.05, 0) is 22.3 Å². The molecule has 0 saturated carbocycles. The highest BCUT2D eigenvalue weighted by Crippen LogP contribution is 2.42. The van der Waals surface area contributed by atoms with Crippen LogP contribution in [0.15, 0.2) is 72.9 Å². The minimum Gasteiger partial charge on any atom is -0.476 e. The monoisotopic (exact) mass is 462 g/mol. The summed E-state index contributed by atoms with van der Waals surface area (Å²) in [6.07, 6.45) is -3.80. The summed E-state index contributed by atoms with van der Waals surface area (Å²) in [7, 11) is -3.35. The minimum atomic E-state index is -3.35. The van der Waals surface area contributed by atoms with Crippen LogP contribution in [-0.4, -0.2) is 37.9 Å². The van der Waals surface area contributed by atoms with Crippen LogP contribution in [0, 0.1) is 5.41 Å². The second-order valence-electron chi connectivity index (χ2n) is 9.10. The SMILES string of the molecule is CC(COc1cc[nH]n1)(C(F)F)C(F)O[Si](c1ccccc1)(c1ccccc1)C(C)(C)C. The zero-order chi connectivity index (χ0) is 23.4. The molecule has 0 amide bonds. The van der Waals surface area contributed by atoms with Crippen molar-refractivity contribution in [3.63, 3.8) is 0 Å². The summed E-state index contributed by atoms with van der Waals surface area (Å²) >= 11 is 0. The number of aromatic nitrogens is 2. The first-order valence-corrected chi connectivity index (χ1v) is 12.4. The molecule has 3 rings (SSSR count). The lowest BCUT2D eigenvalue weighted by Crippen LogP contribution is -2.68. The van der Waals surface area contributed by atoms with Crippen molar-refractivity contribution in [1.29, 1.82) is 0 Å². The van der Waals surface area contributed by atoms with Crippen molar-refractivity contribution in [3.8, 4) is 5.88 Å². The Hall–Kier alpha value is -2.58. The number of aromatic amines is 1. The zero-order valence-electron chi connectivity index (χ0n) is 18.7. The summed E-state index contributed by atoms with van der Waals surface area (Å²) in [6, 6.07) is 20.2. The largest absolute Gasteiger partial charge is 0.476 e. The first-order valence-electron chi connectivity index (χ1n) is 10.4. The Balaban J connectivity index is 2.06. The van der Waals surface area contributed by atoms with E-state index in [2.05, 4.69) is 10.2 Å². The highest BCUT2D eigenvalue weighted by molar-refractivity contribution is 6.99. The molecule has 4 nitrogen and oxygen atoms in total. The molecule has 2 aromatic carbocycles. The van der Waals surface area contributed by atoms with Crippen LogP contribution in [-0.2, 0) is 4.43 Å².